The number of fused-ring (bicyclic) bond motifs is 2. The van der Waals surface area contributed by atoms with Crippen molar-refractivity contribution in [1.82, 2.24) is 0 Å². The molecule has 0 spiro atoms. The number of anilines is 2. The average Bonchev–Trinajstić information content (AvgIpc) is 3.10. The number of nitrogens with one attached hydrogen (secondary N) is 2. The van der Waals surface area contributed by atoms with Crippen molar-refractivity contribution in [2.45, 2.75) is 37.5 Å². The van der Waals surface area contributed by atoms with Gasteiger partial charge >= 0.3 is 5.97 Å². The summed E-state index contributed by atoms with van der Waals surface area (Å²) in [5, 5.41) is 35.5. The van der Waals surface area contributed by atoms with Crippen molar-refractivity contribution in [2.24, 2.45) is 11.7 Å². The third-order valence-corrected chi connectivity index (χ3v) is 6.03. The van der Waals surface area contributed by atoms with Gasteiger partial charge in [-0.25, -0.2) is 0 Å². The number of carboxylic acids is 1. The number of amides is 2. The quantitative estimate of drug-likeness (QED) is 0.366. The Kier molecular flexibility index (Phi) is 6.28. The van der Waals surface area contributed by atoms with Gasteiger partial charge in [-0.2, -0.15) is 0 Å². The Balaban J connectivity index is 1.57. The molecule has 0 radical (unpaired) electrons. The Morgan fingerprint density at radius 2 is 1.91 bits per heavy atom. The minimum absolute atomic E-state index is 0.000665. The van der Waals surface area contributed by atoms with Crippen molar-refractivity contribution < 1.29 is 29.7 Å². The first-order chi connectivity index (χ1) is 15.7. The van der Waals surface area contributed by atoms with Crippen LogP contribution in [0.25, 0.3) is 5.57 Å². The van der Waals surface area contributed by atoms with Gasteiger partial charge in [0, 0.05) is 34.9 Å². The van der Waals surface area contributed by atoms with Crippen molar-refractivity contribution in [3.05, 3.63) is 65.2 Å². The second-order valence-corrected chi connectivity index (χ2v) is 8.31. The number of aliphatic hydroxyl groups is 2. The Morgan fingerprint density at radius 1 is 1.18 bits per heavy atom. The standard InChI is InChI=1S/C24H25N3O6/c25-18(6-8-21(29)30)24(33)26-13-5-7-19-16(11-13)17(23(32)27-19)9-12-10-20(28)14-3-1-2-4-15(14)22(12)31/h1-5,7,9,11-12,18,20,22,28,31H,6,8,10,25H2,(H,26,33)(H,27,32)(H,29,30)/t12?,18-,20?,22?/m0/s1. The highest BCUT2D eigenvalue weighted by molar-refractivity contribution is 6.31. The lowest BCUT2D eigenvalue weighted by Gasteiger charge is -2.31. The van der Waals surface area contributed by atoms with Crippen LogP contribution in [0.1, 0.15) is 48.2 Å². The number of aliphatic hydroxyl groups excluding tert-OH is 2. The minimum atomic E-state index is -1.03. The normalized spacial score (nSPS) is 23.4. The summed E-state index contributed by atoms with van der Waals surface area (Å²) in [5.74, 6) is -2.38. The highest BCUT2D eigenvalue weighted by Gasteiger charge is 2.34. The summed E-state index contributed by atoms with van der Waals surface area (Å²) >= 11 is 0. The summed E-state index contributed by atoms with van der Waals surface area (Å²) in [6, 6.07) is 11.0. The number of hydrogen-bond donors (Lipinski definition) is 6. The summed E-state index contributed by atoms with van der Waals surface area (Å²) < 4.78 is 0. The van der Waals surface area contributed by atoms with E-state index < -0.39 is 36.0 Å². The van der Waals surface area contributed by atoms with E-state index >= 15 is 0 Å². The molecule has 1 aliphatic carbocycles. The monoisotopic (exact) mass is 451 g/mol. The van der Waals surface area contributed by atoms with Crippen LogP contribution >= 0.6 is 0 Å². The Bertz CT molecular complexity index is 1140. The van der Waals surface area contributed by atoms with Gasteiger partial charge in [0.25, 0.3) is 5.91 Å². The lowest BCUT2D eigenvalue weighted by atomic mass is 9.78. The van der Waals surface area contributed by atoms with Gasteiger partial charge in [0.05, 0.1) is 18.2 Å². The van der Waals surface area contributed by atoms with Gasteiger partial charge in [0.1, 0.15) is 0 Å². The van der Waals surface area contributed by atoms with Gasteiger partial charge < -0.3 is 31.7 Å². The predicted molar refractivity (Wildman–Crippen MR) is 121 cm³/mol. The number of benzene rings is 2. The first-order valence-electron chi connectivity index (χ1n) is 10.7. The van der Waals surface area contributed by atoms with Crippen LogP contribution in [0, 0.1) is 5.92 Å². The molecule has 1 aliphatic heterocycles. The number of carbonyl (C=O) groups is 3. The van der Waals surface area contributed by atoms with Crippen molar-refractivity contribution in [1.29, 1.82) is 0 Å². The summed E-state index contributed by atoms with van der Waals surface area (Å²) in [6.07, 6.45) is 0.0787. The number of carbonyl (C=O) groups excluding carboxylic acids is 2. The van der Waals surface area contributed by atoms with E-state index in [4.69, 9.17) is 10.8 Å². The molecule has 2 aromatic carbocycles. The molecule has 2 amide bonds. The number of nitrogens with two attached hydrogens (primary N) is 1. The first kappa shape index (κ1) is 22.7. The van der Waals surface area contributed by atoms with E-state index in [2.05, 4.69) is 10.6 Å². The SMILES string of the molecule is N[C@@H](CCC(=O)O)C(=O)Nc1ccc2c(c1)C(=CC1CC(O)c3ccccc3C1O)C(=O)N2. The second kappa shape index (κ2) is 9.14. The number of aliphatic carboxylic acids is 1. The Labute approximate surface area is 189 Å². The van der Waals surface area contributed by atoms with E-state index in [0.717, 1.165) is 0 Å². The van der Waals surface area contributed by atoms with Crippen LogP contribution in [-0.2, 0) is 14.4 Å². The molecule has 9 nitrogen and oxygen atoms in total. The topological polar surface area (TPSA) is 162 Å². The number of carboxylic acid groups (broad SMARTS) is 1. The van der Waals surface area contributed by atoms with Gasteiger partial charge in [-0.1, -0.05) is 30.3 Å². The molecule has 0 saturated heterocycles. The van der Waals surface area contributed by atoms with E-state index in [1.165, 1.54) is 0 Å². The van der Waals surface area contributed by atoms with Crippen LogP contribution in [0.5, 0.6) is 0 Å². The zero-order chi connectivity index (χ0) is 23.7. The molecular formula is C24H25N3O6. The molecular weight excluding hydrogens is 426 g/mol. The van der Waals surface area contributed by atoms with Crippen LogP contribution in [-0.4, -0.2) is 39.1 Å². The molecule has 2 aromatic rings. The molecule has 4 atom stereocenters. The summed E-state index contributed by atoms with van der Waals surface area (Å²) in [4.78, 5) is 35.6. The molecule has 2 aliphatic rings. The molecule has 9 heteroatoms. The zero-order valence-electron chi connectivity index (χ0n) is 17.7. The number of hydrogen-bond acceptors (Lipinski definition) is 6. The van der Waals surface area contributed by atoms with Crippen LogP contribution in [0.3, 0.4) is 0 Å². The van der Waals surface area contributed by atoms with E-state index in [0.29, 0.717) is 33.6 Å². The van der Waals surface area contributed by atoms with Crippen molar-refractivity contribution in [3.8, 4) is 0 Å². The number of rotatable bonds is 6. The second-order valence-electron chi connectivity index (χ2n) is 8.31. The van der Waals surface area contributed by atoms with Gasteiger partial charge in [0.2, 0.25) is 5.91 Å². The van der Waals surface area contributed by atoms with Crippen molar-refractivity contribution >= 4 is 34.7 Å². The van der Waals surface area contributed by atoms with Crippen molar-refractivity contribution in [3.63, 3.8) is 0 Å². The Hall–Kier alpha value is -3.53. The fraction of sp³-hybridized carbons (Fsp3) is 0.292. The molecule has 7 N–H and O–H groups in total. The highest BCUT2D eigenvalue weighted by atomic mass is 16.4. The van der Waals surface area contributed by atoms with Crippen LogP contribution in [0.4, 0.5) is 11.4 Å². The Morgan fingerprint density at radius 3 is 2.64 bits per heavy atom. The molecule has 0 aromatic heterocycles. The molecule has 33 heavy (non-hydrogen) atoms. The van der Waals surface area contributed by atoms with E-state index in [1.807, 2.05) is 0 Å². The lowest BCUT2D eigenvalue weighted by molar-refractivity contribution is -0.137. The average molecular weight is 451 g/mol. The summed E-state index contributed by atoms with van der Waals surface area (Å²) in [6.45, 7) is 0. The van der Waals surface area contributed by atoms with Gasteiger partial charge in [-0.05, 0) is 42.2 Å². The maximum Gasteiger partial charge on any atom is 0.303 e. The minimum Gasteiger partial charge on any atom is -0.481 e. The molecule has 0 bridgehead atoms. The molecule has 0 saturated carbocycles. The third-order valence-electron chi connectivity index (χ3n) is 6.03. The van der Waals surface area contributed by atoms with E-state index in [-0.39, 0.29) is 25.2 Å². The maximum absolute atomic E-state index is 12.6. The van der Waals surface area contributed by atoms with Gasteiger partial charge in [-0.15, -0.1) is 0 Å². The van der Waals surface area contributed by atoms with Crippen molar-refractivity contribution in [2.75, 3.05) is 10.6 Å². The fourth-order valence-corrected chi connectivity index (χ4v) is 4.28. The smallest absolute Gasteiger partial charge is 0.303 e. The van der Waals surface area contributed by atoms with Crippen LogP contribution in [0.2, 0.25) is 0 Å². The molecule has 0 fully saturated rings. The fourth-order valence-electron chi connectivity index (χ4n) is 4.28. The van der Waals surface area contributed by atoms with Crippen LogP contribution in [0.15, 0.2) is 48.5 Å². The van der Waals surface area contributed by atoms with Crippen LogP contribution < -0.4 is 16.4 Å². The predicted octanol–water partition coefficient (Wildman–Crippen LogP) is 1.94. The largest absolute Gasteiger partial charge is 0.481 e. The van der Waals surface area contributed by atoms with Gasteiger partial charge in [-0.3, -0.25) is 14.4 Å². The highest BCUT2D eigenvalue weighted by Crippen LogP contribution is 2.43. The molecule has 1 heterocycles. The summed E-state index contributed by atoms with van der Waals surface area (Å²) in [5.41, 5.74) is 8.93. The maximum atomic E-state index is 12.6. The molecule has 3 unspecified atom stereocenters. The van der Waals surface area contributed by atoms with E-state index in [1.54, 1.807) is 48.5 Å². The summed E-state index contributed by atoms with van der Waals surface area (Å²) in [7, 11) is 0. The van der Waals surface area contributed by atoms with Gasteiger partial charge in [0.15, 0.2) is 0 Å². The zero-order valence-corrected chi connectivity index (χ0v) is 17.7. The van der Waals surface area contributed by atoms with E-state index in [9.17, 15) is 24.6 Å². The molecule has 4 rings (SSSR count). The first-order valence-corrected chi connectivity index (χ1v) is 10.7. The molecule has 172 valence electrons. The third kappa shape index (κ3) is 4.65. The lowest BCUT2D eigenvalue weighted by Crippen LogP contribution is -2.36.